The first kappa shape index (κ1) is 16.4. The Balaban J connectivity index is 2.51. The Morgan fingerprint density at radius 2 is 1.90 bits per heavy atom. The molecular formula is C16H19ClO3. The predicted molar refractivity (Wildman–Crippen MR) is 81.0 cm³/mol. The molecule has 0 spiro atoms. The molecule has 0 amide bonds. The summed E-state index contributed by atoms with van der Waals surface area (Å²) in [5.41, 5.74) is 1.64. The van der Waals surface area contributed by atoms with Crippen molar-refractivity contribution in [3.63, 3.8) is 0 Å². The van der Waals surface area contributed by atoms with E-state index >= 15 is 0 Å². The van der Waals surface area contributed by atoms with E-state index in [1.807, 2.05) is 24.3 Å². The molecule has 0 fully saturated rings. The third kappa shape index (κ3) is 6.02. The van der Waals surface area contributed by atoms with E-state index in [1.165, 1.54) is 0 Å². The molecule has 1 aromatic carbocycles. The maximum Gasteiger partial charge on any atom is 0.306 e. The van der Waals surface area contributed by atoms with Crippen LogP contribution in [0.5, 0.6) is 0 Å². The van der Waals surface area contributed by atoms with Gasteiger partial charge >= 0.3 is 5.97 Å². The smallest absolute Gasteiger partial charge is 0.306 e. The van der Waals surface area contributed by atoms with E-state index in [-0.39, 0.29) is 24.6 Å². The van der Waals surface area contributed by atoms with Crippen LogP contribution in [0.3, 0.4) is 0 Å². The maximum absolute atomic E-state index is 11.9. The summed E-state index contributed by atoms with van der Waals surface area (Å²) in [6.45, 7) is 2.09. The van der Waals surface area contributed by atoms with Crippen molar-refractivity contribution in [1.29, 1.82) is 0 Å². The lowest BCUT2D eigenvalue weighted by Crippen LogP contribution is -2.07. The summed E-state index contributed by atoms with van der Waals surface area (Å²) in [5.74, 6) is 0.219. The highest BCUT2D eigenvalue weighted by molar-refractivity contribution is 6.17. The van der Waals surface area contributed by atoms with Crippen LogP contribution in [0.15, 0.2) is 30.3 Å². The SMILES string of the molecule is CCOC(=O)CCC(=O)c1ccc(C=CCCCl)cc1. The summed E-state index contributed by atoms with van der Waals surface area (Å²) < 4.78 is 4.79. The number of halogens is 1. The molecule has 0 bridgehead atoms. The van der Waals surface area contributed by atoms with Crippen molar-refractivity contribution in [2.24, 2.45) is 0 Å². The molecule has 0 saturated carbocycles. The van der Waals surface area contributed by atoms with E-state index in [9.17, 15) is 9.59 Å². The van der Waals surface area contributed by atoms with Gasteiger partial charge in [-0.05, 0) is 18.9 Å². The number of allylic oxidation sites excluding steroid dienone is 1. The molecule has 0 aromatic heterocycles. The Morgan fingerprint density at radius 3 is 2.50 bits per heavy atom. The van der Waals surface area contributed by atoms with E-state index < -0.39 is 0 Å². The van der Waals surface area contributed by atoms with Crippen LogP contribution in [-0.4, -0.2) is 24.2 Å². The molecule has 0 aliphatic carbocycles. The Bertz CT molecular complexity index is 463. The third-order valence-corrected chi connectivity index (χ3v) is 2.90. The zero-order valence-corrected chi connectivity index (χ0v) is 12.4. The van der Waals surface area contributed by atoms with Crippen LogP contribution < -0.4 is 0 Å². The van der Waals surface area contributed by atoms with E-state index in [2.05, 4.69) is 0 Å². The fourth-order valence-electron chi connectivity index (χ4n) is 1.66. The van der Waals surface area contributed by atoms with Gasteiger partial charge in [0.15, 0.2) is 5.78 Å². The second-order valence-electron chi connectivity index (χ2n) is 4.23. The molecule has 4 heteroatoms. The Labute approximate surface area is 124 Å². The lowest BCUT2D eigenvalue weighted by Gasteiger charge is -2.02. The number of ether oxygens (including phenoxy) is 1. The first-order valence-electron chi connectivity index (χ1n) is 6.68. The monoisotopic (exact) mass is 294 g/mol. The van der Waals surface area contributed by atoms with Gasteiger partial charge in [0, 0.05) is 17.9 Å². The van der Waals surface area contributed by atoms with Crippen molar-refractivity contribution in [3.05, 3.63) is 41.5 Å². The first-order valence-corrected chi connectivity index (χ1v) is 7.22. The quantitative estimate of drug-likeness (QED) is 0.415. The van der Waals surface area contributed by atoms with E-state index in [1.54, 1.807) is 19.1 Å². The van der Waals surface area contributed by atoms with Crippen molar-refractivity contribution in [2.75, 3.05) is 12.5 Å². The fourth-order valence-corrected chi connectivity index (χ4v) is 1.78. The van der Waals surface area contributed by atoms with Crippen LogP contribution in [0.1, 0.15) is 42.1 Å². The molecule has 20 heavy (non-hydrogen) atoms. The Hall–Kier alpha value is -1.61. The van der Waals surface area contributed by atoms with E-state index in [0.717, 1.165) is 12.0 Å². The lowest BCUT2D eigenvalue weighted by atomic mass is 10.0. The summed E-state index contributed by atoms with van der Waals surface area (Å²) in [4.78, 5) is 23.1. The van der Waals surface area contributed by atoms with Gasteiger partial charge in [-0.15, -0.1) is 11.6 Å². The first-order chi connectivity index (χ1) is 9.67. The van der Waals surface area contributed by atoms with Crippen molar-refractivity contribution in [2.45, 2.75) is 26.2 Å². The number of benzene rings is 1. The van der Waals surface area contributed by atoms with Crippen LogP contribution in [0, 0.1) is 0 Å². The second-order valence-corrected chi connectivity index (χ2v) is 4.61. The van der Waals surface area contributed by atoms with Crippen molar-refractivity contribution in [1.82, 2.24) is 0 Å². The minimum Gasteiger partial charge on any atom is -0.466 e. The van der Waals surface area contributed by atoms with Crippen LogP contribution in [0.4, 0.5) is 0 Å². The van der Waals surface area contributed by atoms with Gasteiger partial charge in [-0.2, -0.15) is 0 Å². The molecule has 0 radical (unpaired) electrons. The fraction of sp³-hybridized carbons (Fsp3) is 0.375. The van der Waals surface area contributed by atoms with Crippen molar-refractivity contribution in [3.8, 4) is 0 Å². The largest absolute Gasteiger partial charge is 0.466 e. The van der Waals surface area contributed by atoms with Gasteiger partial charge in [0.05, 0.1) is 13.0 Å². The number of Topliss-reactive ketones (excluding diaryl/α,β-unsaturated/α-hetero) is 1. The Morgan fingerprint density at radius 1 is 1.20 bits per heavy atom. The molecule has 0 saturated heterocycles. The molecule has 0 aliphatic heterocycles. The highest BCUT2D eigenvalue weighted by atomic mass is 35.5. The molecule has 1 rings (SSSR count). The number of ketones is 1. The second kappa shape index (κ2) is 9.32. The molecule has 0 N–H and O–H groups in total. The topological polar surface area (TPSA) is 43.4 Å². The van der Waals surface area contributed by atoms with E-state index in [4.69, 9.17) is 16.3 Å². The molecule has 3 nitrogen and oxygen atoms in total. The Kier molecular flexibility index (Phi) is 7.66. The van der Waals surface area contributed by atoms with Gasteiger partial charge in [0.2, 0.25) is 0 Å². The normalized spacial score (nSPS) is 10.7. The molecule has 1 aromatic rings. The van der Waals surface area contributed by atoms with Crippen LogP contribution in [0.2, 0.25) is 0 Å². The van der Waals surface area contributed by atoms with Gasteiger partial charge in [0.1, 0.15) is 0 Å². The molecule has 0 aliphatic rings. The number of hydrogen-bond donors (Lipinski definition) is 0. The number of rotatable bonds is 8. The standard InChI is InChI=1S/C16H19ClO3/c1-2-20-16(19)11-10-15(18)14-8-6-13(7-9-14)5-3-4-12-17/h3,5-9H,2,4,10-12H2,1H3. The molecule has 0 atom stereocenters. The summed E-state index contributed by atoms with van der Waals surface area (Å²) in [7, 11) is 0. The zero-order chi connectivity index (χ0) is 14.8. The predicted octanol–water partition coefficient (Wildman–Crippen LogP) is 3.85. The third-order valence-electron chi connectivity index (χ3n) is 2.68. The number of hydrogen-bond acceptors (Lipinski definition) is 3. The number of esters is 1. The highest BCUT2D eigenvalue weighted by Crippen LogP contribution is 2.10. The number of carbonyl (C=O) groups excluding carboxylic acids is 2. The maximum atomic E-state index is 11.9. The molecular weight excluding hydrogens is 276 g/mol. The van der Waals surface area contributed by atoms with Crippen LogP contribution in [0.25, 0.3) is 6.08 Å². The summed E-state index contributed by atoms with van der Waals surface area (Å²) in [6, 6.07) is 7.30. The number of carbonyl (C=O) groups is 2. The van der Waals surface area contributed by atoms with Crippen LogP contribution >= 0.6 is 11.6 Å². The summed E-state index contributed by atoms with van der Waals surface area (Å²) in [5, 5.41) is 0. The molecule has 108 valence electrons. The van der Waals surface area contributed by atoms with E-state index in [0.29, 0.717) is 18.1 Å². The van der Waals surface area contributed by atoms with Gasteiger partial charge < -0.3 is 4.74 Å². The molecule has 0 heterocycles. The summed E-state index contributed by atoms with van der Waals surface area (Å²) in [6.07, 6.45) is 5.09. The lowest BCUT2D eigenvalue weighted by molar-refractivity contribution is -0.143. The molecule has 0 unspecified atom stereocenters. The van der Waals surface area contributed by atoms with Crippen molar-refractivity contribution < 1.29 is 14.3 Å². The van der Waals surface area contributed by atoms with Gasteiger partial charge in [0.25, 0.3) is 0 Å². The summed E-state index contributed by atoms with van der Waals surface area (Å²) >= 11 is 5.58. The van der Waals surface area contributed by atoms with Gasteiger partial charge in [-0.1, -0.05) is 36.4 Å². The minimum absolute atomic E-state index is 0.0469. The average molecular weight is 295 g/mol. The average Bonchev–Trinajstić information content (AvgIpc) is 2.46. The van der Waals surface area contributed by atoms with Crippen LogP contribution in [-0.2, 0) is 9.53 Å². The van der Waals surface area contributed by atoms with Gasteiger partial charge in [-0.25, -0.2) is 0 Å². The van der Waals surface area contributed by atoms with Crippen molar-refractivity contribution >= 4 is 29.4 Å². The van der Waals surface area contributed by atoms with Gasteiger partial charge in [-0.3, -0.25) is 9.59 Å². The minimum atomic E-state index is -0.332. The number of alkyl halides is 1. The highest BCUT2D eigenvalue weighted by Gasteiger charge is 2.09. The zero-order valence-electron chi connectivity index (χ0n) is 11.6.